The molecule has 0 amide bonds. The number of esters is 1. The molecule has 5 atom stereocenters. The van der Waals surface area contributed by atoms with E-state index in [0.29, 0.717) is 25.7 Å². The molecule has 0 aromatic carbocycles. The lowest BCUT2D eigenvalue weighted by Gasteiger charge is -2.19. The average Bonchev–Trinajstić information content (AvgIpc) is 2.89. The van der Waals surface area contributed by atoms with Gasteiger partial charge in [-0.3, -0.25) is 4.79 Å². The SMILES string of the molecule is CCCCC(O)C/C=C/[C@@H]1[C@@H](C/C=C\CCCC(=O)OC)[C@@H](O)C[C@H]1O. The van der Waals surface area contributed by atoms with Gasteiger partial charge in [-0.05, 0) is 38.0 Å². The van der Waals surface area contributed by atoms with Crippen LogP contribution in [0.15, 0.2) is 24.3 Å². The molecule has 1 saturated carbocycles. The van der Waals surface area contributed by atoms with Crippen molar-refractivity contribution in [2.24, 2.45) is 11.8 Å². The fraction of sp³-hybridized carbons (Fsp3) is 0.762. The Kier molecular flexibility index (Phi) is 11.5. The topological polar surface area (TPSA) is 87.0 Å². The molecule has 5 nitrogen and oxygen atoms in total. The predicted octanol–water partition coefficient (Wildman–Crippen LogP) is 3.13. The van der Waals surface area contributed by atoms with Crippen molar-refractivity contribution in [2.75, 3.05) is 7.11 Å². The highest BCUT2D eigenvalue weighted by molar-refractivity contribution is 5.69. The summed E-state index contributed by atoms with van der Waals surface area (Å²) >= 11 is 0. The van der Waals surface area contributed by atoms with Gasteiger partial charge in [0.2, 0.25) is 0 Å². The normalized spacial score (nSPS) is 27.4. The van der Waals surface area contributed by atoms with Crippen LogP contribution in [0.2, 0.25) is 0 Å². The van der Waals surface area contributed by atoms with Gasteiger partial charge < -0.3 is 20.1 Å². The summed E-state index contributed by atoms with van der Waals surface area (Å²) in [6, 6.07) is 0. The molecule has 0 aromatic heterocycles. The third-order valence-electron chi connectivity index (χ3n) is 5.13. The molecule has 26 heavy (non-hydrogen) atoms. The smallest absolute Gasteiger partial charge is 0.305 e. The second-order valence-corrected chi connectivity index (χ2v) is 7.25. The largest absolute Gasteiger partial charge is 0.469 e. The first-order valence-electron chi connectivity index (χ1n) is 9.92. The highest BCUT2D eigenvalue weighted by atomic mass is 16.5. The standard InChI is InChI=1S/C21H36O5/c1-3-4-10-16(22)11-9-13-18-17(19(23)15-20(18)24)12-7-5-6-8-14-21(25)26-2/h5,7,9,13,16-20,22-24H,3-4,6,8,10-12,14-15H2,1-2H3/b7-5-,13-9+/t16?,17-,18-,19+,20-/m1/s1. The molecule has 3 N–H and O–H groups in total. The molecule has 0 bridgehead atoms. The molecule has 0 aliphatic heterocycles. The minimum Gasteiger partial charge on any atom is -0.469 e. The molecular formula is C21H36O5. The fourth-order valence-corrected chi connectivity index (χ4v) is 3.49. The third-order valence-corrected chi connectivity index (χ3v) is 5.13. The molecule has 0 heterocycles. The minimum atomic E-state index is -0.535. The molecule has 0 radical (unpaired) electrons. The monoisotopic (exact) mass is 368 g/mol. The summed E-state index contributed by atoms with van der Waals surface area (Å²) < 4.78 is 4.60. The molecule has 1 rings (SSSR count). The number of unbranched alkanes of at least 4 members (excludes halogenated alkanes) is 2. The summed E-state index contributed by atoms with van der Waals surface area (Å²) in [6.07, 6.45) is 13.1. The minimum absolute atomic E-state index is 0.00843. The van der Waals surface area contributed by atoms with E-state index in [0.717, 1.165) is 32.1 Å². The number of hydrogen-bond donors (Lipinski definition) is 3. The van der Waals surface area contributed by atoms with E-state index in [2.05, 4.69) is 11.7 Å². The number of rotatable bonds is 12. The van der Waals surface area contributed by atoms with Crippen LogP contribution in [-0.2, 0) is 9.53 Å². The summed E-state index contributed by atoms with van der Waals surface area (Å²) in [7, 11) is 1.39. The van der Waals surface area contributed by atoms with E-state index in [1.807, 2.05) is 24.3 Å². The second-order valence-electron chi connectivity index (χ2n) is 7.25. The summed E-state index contributed by atoms with van der Waals surface area (Å²) in [5.41, 5.74) is 0. The number of hydrogen-bond acceptors (Lipinski definition) is 5. The van der Waals surface area contributed by atoms with Crippen molar-refractivity contribution in [1.29, 1.82) is 0 Å². The van der Waals surface area contributed by atoms with Crippen molar-refractivity contribution in [3.63, 3.8) is 0 Å². The molecule has 1 aliphatic carbocycles. The van der Waals surface area contributed by atoms with Gasteiger partial charge in [0, 0.05) is 18.8 Å². The van der Waals surface area contributed by atoms with E-state index < -0.39 is 12.2 Å². The van der Waals surface area contributed by atoms with Crippen LogP contribution < -0.4 is 0 Å². The Morgan fingerprint density at radius 2 is 1.96 bits per heavy atom. The summed E-state index contributed by atoms with van der Waals surface area (Å²) in [4.78, 5) is 11.0. The molecule has 5 heteroatoms. The van der Waals surface area contributed by atoms with Gasteiger partial charge in [0.1, 0.15) is 0 Å². The second kappa shape index (κ2) is 13.1. The Balaban J connectivity index is 2.42. The van der Waals surface area contributed by atoms with Crippen LogP contribution in [0.5, 0.6) is 0 Å². The van der Waals surface area contributed by atoms with E-state index in [9.17, 15) is 20.1 Å². The van der Waals surface area contributed by atoms with Crippen LogP contribution in [0.3, 0.4) is 0 Å². The highest BCUT2D eigenvalue weighted by Gasteiger charge is 2.39. The molecular weight excluding hydrogens is 332 g/mol. The Bertz CT molecular complexity index is 446. The molecule has 0 saturated heterocycles. The van der Waals surface area contributed by atoms with Gasteiger partial charge in [0.15, 0.2) is 0 Å². The number of methoxy groups -OCH3 is 1. The summed E-state index contributed by atoms with van der Waals surface area (Å²) in [6.45, 7) is 2.10. The number of allylic oxidation sites excluding steroid dienone is 2. The van der Waals surface area contributed by atoms with E-state index >= 15 is 0 Å². The third kappa shape index (κ3) is 8.47. The molecule has 1 aliphatic rings. The number of aliphatic hydroxyl groups excluding tert-OH is 3. The Labute approximate surface area is 157 Å². The first kappa shape index (κ1) is 22.9. The fourth-order valence-electron chi connectivity index (χ4n) is 3.49. The first-order chi connectivity index (χ1) is 12.5. The highest BCUT2D eigenvalue weighted by Crippen LogP contribution is 2.36. The van der Waals surface area contributed by atoms with Crippen molar-refractivity contribution in [3.05, 3.63) is 24.3 Å². The van der Waals surface area contributed by atoms with Crippen LogP contribution >= 0.6 is 0 Å². The first-order valence-corrected chi connectivity index (χ1v) is 9.92. The Hall–Kier alpha value is -1.17. The van der Waals surface area contributed by atoms with E-state index in [-0.39, 0.29) is 23.9 Å². The number of carbonyl (C=O) groups excluding carboxylic acids is 1. The van der Waals surface area contributed by atoms with E-state index in [4.69, 9.17) is 0 Å². The van der Waals surface area contributed by atoms with Crippen LogP contribution in [0.1, 0.15) is 64.7 Å². The lowest BCUT2D eigenvalue weighted by Crippen LogP contribution is -2.20. The van der Waals surface area contributed by atoms with Gasteiger partial charge in [-0.1, -0.05) is 44.1 Å². The predicted molar refractivity (Wildman–Crippen MR) is 103 cm³/mol. The molecule has 1 unspecified atom stereocenters. The molecule has 0 aromatic rings. The number of carbonyl (C=O) groups is 1. The van der Waals surface area contributed by atoms with Gasteiger partial charge in [-0.2, -0.15) is 0 Å². The van der Waals surface area contributed by atoms with Gasteiger partial charge in [0.25, 0.3) is 0 Å². The van der Waals surface area contributed by atoms with Crippen LogP contribution in [0, 0.1) is 11.8 Å². The van der Waals surface area contributed by atoms with Gasteiger partial charge >= 0.3 is 5.97 Å². The Morgan fingerprint density at radius 1 is 1.19 bits per heavy atom. The van der Waals surface area contributed by atoms with Gasteiger partial charge in [-0.25, -0.2) is 0 Å². The maximum atomic E-state index is 11.0. The Morgan fingerprint density at radius 3 is 2.65 bits per heavy atom. The van der Waals surface area contributed by atoms with E-state index in [1.54, 1.807) is 0 Å². The van der Waals surface area contributed by atoms with Crippen molar-refractivity contribution in [1.82, 2.24) is 0 Å². The van der Waals surface area contributed by atoms with E-state index in [1.165, 1.54) is 7.11 Å². The van der Waals surface area contributed by atoms with Crippen LogP contribution in [-0.4, -0.2) is 46.7 Å². The zero-order valence-electron chi connectivity index (χ0n) is 16.2. The van der Waals surface area contributed by atoms with Gasteiger partial charge in [0.05, 0.1) is 25.4 Å². The van der Waals surface area contributed by atoms with Crippen molar-refractivity contribution in [2.45, 2.75) is 83.0 Å². The van der Waals surface area contributed by atoms with Crippen molar-refractivity contribution >= 4 is 5.97 Å². The van der Waals surface area contributed by atoms with Gasteiger partial charge in [-0.15, -0.1) is 0 Å². The zero-order valence-corrected chi connectivity index (χ0v) is 16.2. The molecule has 1 fully saturated rings. The van der Waals surface area contributed by atoms with Crippen LogP contribution in [0.4, 0.5) is 0 Å². The number of aliphatic hydroxyl groups is 3. The quantitative estimate of drug-likeness (QED) is 0.280. The zero-order chi connectivity index (χ0) is 19.4. The van der Waals surface area contributed by atoms with Crippen molar-refractivity contribution < 1.29 is 24.9 Å². The molecule has 0 spiro atoms. The molecule has 150 valence electrons. The summed E-state index contributed by atoms with van der Waals surface area (Å²) in [5, 5.41) is 30.4. The maximum absolute atomic E-state index is 11.0. The van der Waals surface area contributed by atoms with Crippen LogP contribution in [0.25, 0.3) is 0 Å². The lowest BCUT2D eigenvalue weighted by atomic mass is 9.89. The number of ether oxygens (including phenoxy) is 1. The maximum Gasteiger partial charge on any atom is 0.305 e. The lowest BCUT2D eigenvalue weighted by molar-refractivity contribution is -0.140. The average molecular weight is 369 g/mol. The van der Waals surface area contributed by atoms with Crippen molar-refractivity contribution in [3.8, 4) is 0 Å². The summed E-state index contributed by atoms with van der Waals surface area (Å²) in [5.74, 6) is -0.284.